The number of nitrogen functional groups attached to an aromatic ring is 1. The van der Waals surface area contributed by atoms with Gasteiger partial charge in [-0.1, -0.05) is 0 Å². The molecule has 0 saturated heterocycles. The predicted octanol–water partition coefficient (Wildman–Crippen LogP) is 0.198. The summed E-state index contributed by atoms with van der Waals surface area (Å²) >= 11 is 0. The number of nitrogens with two attached hydrogens (primary N) is 2. The third-order valence-electron chi connectivity index (χ3n) is 1.75. The van der Waals surface area contributed by atoms with E-state index in [1.54, 1.807) is 0 Å². The Balaban J connectivity index is 3.22. The molecule has 0 aliphatic rings. The maximum atomic E-state index is 12.8. The highest BCUT2D eigenvalue weighted by Gasteiger charge is 2.19. The minimum absolute atomic E-state index is 0.114. The Kier molecular flexibility index (Phi) is 2.57. The molecule has 0 radical (unpaired) electrons. The normalized spacial score (nSPS) is 12.4. The topological polar surface area (TPSA) is 110 Å². The van der Waals surface area contributed by atoms with Crippen LogP contribution in [0.15, 0.2) is 12.1 Å². The van der Waals surface area contributed by atoms with Crippen molar-refractivity contribution in [2.45, 2.75) is 6.04 Å². The molecule has 1 rings (SSSR count). The van der Waals surface area contributed by atoms with Crippen LogP contribution in [0.5, 0.6) is 5.75 Å². The number of carboxylic acid groups (broad SMARTS) is 1. The van der Waals surface area contributed by atoms with E-state index in [0.29, 0.717) is 0 Å². The minimum atomic E-state index is -1.42. The predicted molar refractivity (Wildman–Crippen MR) is 47.0 cm³/mol. The lowest BCUT2D eigenvalue weighted by molar-refractivity contribution is -0.138. The fourth-order valence-corrected chi connectivity index (χ4v) is 0.979. The number of aliphatic carboxylic acids is 1. The van der Waals surface area contributed by atoms with Gasteiger partial charge in [0.15, 0.2) is 0 Å². The average Bonchev–Trinajstić information content (AvgIpc) is 2.10. The third kappa shape index (κ3) is 1.74. The van der Waals surface area contributed by atoms with Crippen molar-refractivity contribution in [1.82, 2.24) is 0 Å². The zero-order valence-electron chi connectivity index (χ0n) is 7.07. The maximum Gasteiger partial charge on any atom is 0.325 e. The van der Waals surface area contributed by atoms with Crippen molar-refractivity contribution in [3.63, 3.8) is 0 Å². The van der Waals surface area contributed by atoms with Gasteiger partial charge in [0, 0.05) is 11.6 Å². The van der Waals surface area contributed by atoms with Crippen LogP contribution in [0, 0.1) is 5.82 Å². The molecule has 0 amide bonds. The van der Waals surface area contributed by atoms with E-state index in [1.807, 2.05) is 0 Å². The Labute approximate surface area is 78.8 Å². The van der Waals surface area contributed by atoms with Gasteiger partial charge in [0.25, 0.3) is 0 Å². The van der Waals surface area contributed by atoms with Crippen LogP contribution in [0.1, 0.15) is 11.6 Å². The molecule has 0 heterocycles. The van der Waals surface area contributed by atoms with Gasteiger partial charge in [-0.2, -0.15) is 0 Å². The highest BCUT2D eigenvalue weighted by molar-refractivity contribution is 5.77. The molecule has 1 atom stereocenters. The average molecular weight is 200 g/mol. The first-order chi connectivity index (χ1) is 6.43. The summed E-state index contributed by atoms with van der Waals surface area (Å²) in [7, 11) is 0. The molecule has 0 spiro atoms. The van der Waals surface area contributed by atoms with Crippen molar-refractivity contribution in [1.29, 1.82) is 0 Å². The molecule has 1 aromatic carbocycles. The van der Waals surface area contributed by atoms with E-state index < -0.39 is 23.6 Å². The van der Waals surface area contributed by atoms with E-state index in [1.165, 1.54) is 0 Å². The first-order valence-corrected chi connectivity index (χ1v) is 3.69. The number of phenolic OH excluding ortho intramolecular Hbond substituents is 1. The fourth-order valence-electron chi connectivity index (χ4n) is 0.979. The Hall–Kier alpha value is -1.82. The van der Waals surface area contributed by atoms with E-state index in [9.17, 15) is 14.3 Å². The zero-order chi connectivity index (χ0) is 10.9. The van der Waals surface area contributed by atoms with Crippen LogP contribution in [-0.4, -0.2) is 16.2 Å². The molecule has 0 saturated carbocycles. The summed E-state index contributed by atoms with van der Waals surface area (Å²) in [5, 5.41) is 17.7. The lowest BCUT2D eigenvalue weighted by Crippen LogP contribution is -2.21. The number of halogens is 1. The number of hydrogen-bond acceptors (Lipinski definition) is 4. The summed E-state index contributed by atoms with van der Waals surface area (Å²) < 4.78 is 12.8. The smallest absolute Gasteiger partial charge is 0.325 e. The molecule has 6 N–H and O–H groups in total. The van der Waals surface area contributed by atoms with Crippen LogP contribution >= 0.6 is 0 Å². The van der Waals surface area contributed by atoms with Gasteiger partial charge in [0.05, 0.1) is 5.69 Å². The number of rotatable bonds is 2. The second kappa shape index (κ2) is 3.51. The first-order valence-electron chi connectivity index (χ1n) is 3.69. The number of anilines is 1. The number of hydrogen-bond donors (Lipinski definition) is 4. The Morgan fingerprint density at radius 3 is 2.57 bits per heavy atom. The number of carbonyl (C=O) groups is 1. The molecule has 0 aliphatic carbocycles. The summed E-state index contributed by atoms with van der Waals surface area (Å²) in [6.07, 6.45) is 0. The fraction of sp³-hybridized carbons (Fsp3) is 0.125. The molecule has 0 aliphatic heterocycles. The standard InChI is InChI=1S/C8H9FN2O3/c9-4-2-6(12)3(1-5(4)10)7(11)8(13)14/h1-2,7,12H,10-11H2,(H,13,14)/t7-/m1/s1. The Morgan fingerprint density at radius 2 is 2.07 bits per heavy atom. The summed E-state index contributed by atoms with van der Waals surface area (Å²) in [5.74, 6) is -2.67. The summed E-state index contributed by atoms with van der Waals surface area (Å²) in [6, 6.07) is 0.314. The van der Waals surface area contributed by atoms with Gasteiger partial charge >= 0.3 is 5.97 Å². The molecular formula is C8H9FN2O3. The van der Waals surface area contributed by atoms with Crippen LogP contribution < -0.4 is 11.5 Å². The van der Waals surface area contributed by atoms with Crippen LogP contribution in [0.25, 0.3) is 0 Å². The van der Waals surface area contributed by atoms with Crippen molar-refractivity contribution >= 4 is 11.7 Å². The van der Waals surface area contributed by atoms with Gasteiger partial charge in [-0.25, -0.2) is 4.39 Å². The molecule has 5 nitrogen and oxygen atoms in total. The van der Waals surface area contributed by atoms with Crippen molar-refractivity contribution in [3.8, 4) is 5.75 Å². The second-order valence-electron chi connectivity index (χ2n) is 2.75. The highest BCUT2D eigenvalue weighted by atomic mass is 19.1. The monoisotopic (exact) mass is 200 g/mol. The SMILES string of the molecule is Nc1cc([C@@H](N)C(=O)O)c(O)cc1F. The lowest BCUT2D eigenvalue weighted by Gasteiger charge is -2.10. The molecule has 0 fully saturated rings. The van der Waals surface area contributed by atoms with Crippen molar-refractivity contribution in [2.75, 3.05) is 5.73 Å². The molecule has 14 heavy (non-hydrogen) atoms. The van der Waals surface area contributed by atoms with Crippen LogP contribution in [0.3, 0.4) is 0 Å². The van der Waals surface area contributed by atoms with Gasteiger partial charge in [0.2, 0.25) is 0 Å². The summed E-state index contributed by atoms with van der Waals surface area (Å²) in [5.41, 5.74) is 10.0. The number of aromatic hydroxyl groups is 1. The molecular weight excluding hydrogens is 191 g/mol. The lowest BCUT2D eigenvalue weighted by atomic mass is 10.1. The minimum Gasteiger partial charge on any atom is -0.507 e. The van der Waals surface area contributed by atoms with Crippen molar-refractivity contribution < 1.29 is 19.4 Å². The maximum absolute atomic E-state index is 12.8. The van der Waals surface area contributed by atoms with Gasteiger partial charge < -0.3 is 21.7 Å². The molecule has 6 heteroatoms. The van der Waals surface area contributed by atoms with E-state index in [4.69, 9.17) is 16.6 Å². The summed E-state index contributed by atoms with van der Waals surface area (Å²) in [4.78, 5) is 10.5. The second-order valence-corrected chi connectivity index (χ2v) is 2.75. The quantitative estimate of drug-likeness (QED) is 0.402. The van der Waals surface area contributed by atoms with Crippen LogP contribution in [-0.2, 0) is 4.79 Å². The largest absolute Gasteiger partial charge is 0.507 e. The number of carboxylic acids is 1. The van der Waals surface area contributed by atoms with Gasteiger partial charge in [-0.3, -0.25) is 4.79 Å². The zero-order valence-corrected chi connectivity index (χ0v) is 7.07. The molecule has 76 valence electrons. The van der Waals surface area contributed by atoms with E-state index >= 15 is 0 Å². The van der Waals surface area contributed by atoms with E-state index in [2.05, 4.69) is 0 Å². The van der Waals surface area contributed by atoms with Gasteiger partial charge in [0.1, 0.15) is 17.6 Å². The number of phenols is 1. The summed E-state index contributed by atoms with van der Waals surface area (Å²) in [6.45, 7) is 0. The molecule has 0 bridgehead atoms. The van der Waals surface area contributed by atoms with Crippen molar-refractivity contribution in [3.05, 3.63) is 23.5 Å². The van der Waals surface area contributed by atoms with Crippen LogP contribution in [0.2, 0.25) is 0 Å². The van der Waals surface area contributed by atoms with Gasteiger partial charge in [-0.05, 0) is 6.07 Å². The van der Waals surface area contributed by atoms with E-state index in [-0.39, 0.29) is 11.3 Å². The first kappa shape index (κ1) is 10.3. The Bertz CT molecular complexity index is 381. The number of benzene rings is 1. The molecule has 0 aromatic heterocycles. The third-order valence-corrected chi connectivity index (χ3v) is 1.75. The van der Waals surface area contributed by atoms with Crippen molar-refractivity contribution in [2.24, 2.45) is 5.73 Å². The molecule has 0 unspecified atom stereocenters. The van der Waals surface area contributed by atoms with Gasteiger partial charge in [-0.15, -0.1) is 0 Å². The highest BCUT2D eigenvalue weighted by Crippen LogP contribution is 2.27. The van der Waals surface area contributed by atoms with Crippen LogP contribution in [0.4, 0.5) is 10.1 Å². The Morgan fingerprint density at radius 1 is 1.50 bits per heavy atom. The van der Waals surface area contributed by atoms with E-state index in [0.717, 1.165) is 12.1 Å². The molecule has 1 aromatic rings.